The molecule has 1 amide bonds. The molecule has 0 atom stereocenters. The van der Waals surface area contributed by atoms with Crippen LogP contribution in [0.25, 0.3) is 0 Å². The van der Waals surface area contributed by atoms with Gasteiger partial charge in [0.25, 0.3) is 0 Å². The standard InChI is InChI=1S/C24H22N4OS2/c1-18-26-27-24(28(18)16-19-10-4-2-5-11-19)30-17-23(29)25-21-14-8-9-15-22(21)31-20-12-6-3-7-13-20/h2-15H,16-17H2,1H3,(H,25,29). The molecule has 3 aromatic carbocycles. The van der Waals surface area contributed by atoms with Gasteiger partial charge in [-0.15, -0.1) is 10.2 Å². The highest BCUT2D eigenvalue weighted by Gasteiger charge is 2.13. The summed E-state index contributed by atoms with van der Waals surface area (Å²) in [6.07, 6.45) is 0. The number of thioether (sulfide) groups is 1. The number of aromatic nitrogens is 3. The average Bonchev–Trinajstić information content (AvgIpc) is 3.14. The van der Waals surface area contributed by atoms with Gasteiger partial charge in [0.1, 0.15) is 5.82 Å². The first kappa shape index (κ1) is 21.2. The number of para-hydroxylation sites is 1. The number of amides is 1. The molecule has 1 aromatic heterocycles. The molecule has 0 unspecified atom stereocenters. The molecule has 0 saturated heterocycles. The van der Waals surface area contributed by atoms with Crippen LogP contribution >= 0.6 is 23.5 Å². The van der Waals surface area contributed by atoms with E-state index in [1.54, 1.807) is 11.8 Å². The zero-order chi connectivity index (χ0) is 21.5. The van der Waals surface area contributed by atoms with Crippen molar-refractivity contribution in [2.45, 2.75) is 28.4 Å². The Morgan fingerprint density at radius 2 is 1.58 bits per heavy atom. The number of aryl methyl sites for hydroxylation is 1. The van der Waals surface area contributed by atoms with Crippen molar-refractivity contribution in [2.75, 3.05) is 11.1 Å². The minimum atomic E-state index is -0.0713. The van der Waals surface area contributed by atoms with E-state index in [4.69, 9.17) is 0 Å². The molecule has 7 heteroatoms. The van der Waals surface area contributed by atoms with E-state index in [0.717, 1.165) is 26.5 Å². The Morgan fingerprint density at radius 3 is 2.35 bits per heavy atom. The smallest absolute Gasteiger partial charge is 0.234 e. The third-order valence-corrected chi connectivity index (χ3v) is 6.60. The van der Waals surface area contributed by atoms with Crippen molar-refractivity contribution in [3.8, 4) is 0 Å². The molecule has 0 spiro atoms. The molecule has 0 bridgehead atoms. The number of hydrogen-bond acceptors (Lipinski definition) is 5. The monoisotopic (exact) mass is 446 g/mol. The highest BCUT2D eigenvalue weighted by Crippen LogP contribution is 2.33. The van der Waals surface area contributed by atoms with Crippen LogP contribution in [-0.2, 0) is 11.3 Å². The van der Waals surface area contributed by atoms with E-state index >= 15 is 0 Å². The summed E-state index contributed by atoms with van der Waals surface area (Å²) in [5.41, 5.74) is 1.98. The van der Waals surface area contributed by atoms with Crippen molar-refractivity contribution in [2.24, 2.45) is 0 Å². The van der Waals surface area contributed by atoms with E-state index in [1.807, 2.05) is 72.2 Å². The third-order valence-electron chi connectivity index (χ3n) is 4.55. The lowest BCUT2D eigenvalue weighted by Gasteiger charge is -2.11. The van der Waals surface area contributed by atoms with Gasteiger partial charge in [0.2, 0.25) is 5.91 Å². The summed E-state index contributed by atoms with van der Waals surface area (Å²) in [6.45, 7) is 2.61. The number of hydrogen-bond donors (Lipinski definition) is 1. The lowest BCUT2D eigenvalue weighted by Crippen LogP contribution is -2.15. The van der Waals surface area contributed by atoms with Crippen molar-refractivity contribution < 1.29 is 4.79 Å². The Hall–Kier alpha value is -3.03. The number of carbonyl (C=O) groups is 1. The molecule has 31 heavy (non-hydrogen) atoms. The van der Waals surface area contributed by atoms with Gasteiger partial charge in [-0.2, -0.15) is 0 Å². The second kappa shape index (κ2) is 10.3. The van der Waals surface area contributed by atoms with E-state index in [-0.39, 0.29) is 11.7 Å². The summed E-state index contributed by atoms with van der Waals surface area (Å²) in [4.78, 5) is 14.8. The first-order valence-electron chi connectivity index (χ1n) is 9.87. The molecule has 1 heterocycles. The van der Waals surface area contributed by atoms with Crippen LogP contribution in [0.5, 0.6) is 0 Å². The number of nitrogens with one attached hydrogen (secondary N) is 1. The molecule has 0 aliphatic carbocycles. The molecule has 156 valence electrons. The summed E-state index contributed by atoms with van der Waals surface area (Å²) in [7, 11) is 0. The van der Waals surface area contributed by atoms with Gasteiger partial charge in [0, 0.05) is 9.79 Å². The van der Waals surface area contributed by atoms with Crippen LogP contribution in [0.15, 0.2) is 99.9 Å². The minimum Gasteiger partial charge on any atom is -0.324 e. The van der Waals surface area contributed by atoms with Crippen molar-refractivity contribution in [1.82, 2.24) is 14.8 Å². The van der Waals surface area contributed by atoms with Crippen LogP contribution in [0, 0.1) is 6.92 Å². The average molecular weight is 447 g/mol. The molecule has 5 nitrogen and oxygen atoms in total. The topological polar surface area (TPSA) is 59.8 Å². The van der Waals surface area contributed by atoms with Crippen molar-refractivity contribution >= 4 is 35.1 Å². The van der Waals surface area contributed by atoms with Gasteiger partial charge >= 0.3 is 0 Å². The summed E-state index contributed by atoms with van der Waals surface area (Å²) >= 11 is 3.02. The van der Waals surface area contributed by atoms with Crippen LogP contribution in [0.4, 0.5) is 5.69 Å². The Labute approximate surface area is 190 Å². The van der Waals surface area contributed by atoms with Gasteiger partial charge in [0.05, 0.1) is 18.0 Å². The van der Waals surface area contributed by atoms with Crippen molar-refractivity contribution in [3.63, 3.8) is 0 Å². The van der Waals surface area contributed by atoms with E-state index < -0.39 is 0 Å². The highest BCUT2D eigenvalue weighted by molar-refractivity contribution is 8.00. The SMILES string of the molecule is Cc1nnc(SCC(=O)Nc2ccccc2Sc2ccccc2)n1Cc1ccccc1. The maximum absolute atomic E-state index is 12.7. The predicted octanol–water partition coefficient (Wildman–Crippen LogP) is 5.52. The van der Waals surface area contributed by atoms with Gasteiger partial charge in [0.15, 0.2) is 5.16 Å². The third kappa shape index (κ3) is 5.77. The van der Waals surface area contributed by atoms with E-state index in [2.05, 4.69) is 39.8 Å². The fraction of sp³-hybridized carbons (Fsp3) is 0.125. The van der Waals surface area contributed by atoms with E-state index in [0.29, 0.717) is 6.54 Å². The molecule has 0 fully saturated rings. The minimum absolute atomic E-state index is 0.0713. The maximum atomic E-state index is 12.7. The zero-order valence-electron chi connectivity index (χ0n) is 17.1. The number of anilines is 1. The number of rotatable bonds is 8. The molecule has 4 aromatic rings. The van der Waals surface area contributed by atoms with E-state index in [1.165, 1.54) is 17.3 Å². The Balaban J connectivity index is 1.40. The van der Waals surface area contributed by atoms with Gasteiger partial charge in [-0.3, -0.25) is 4.79 Å². The predicted molar refractivity (Wildman–Crippen MR) is 127 cm³/mol. The summed E-state index contributed by atoms with van der Waals surface area (Å²) in [6, 6.07) is 28.1. The molecule has 0 radical (unpaired) electrons. The number of benzene rings is 3. The van der Waals surface area contributed by atoms with Crippen LogP contribution < -0.4 is 5.32 Å². The fourth-order valence-corrected chi connectivity index (χ4v) is 4.71. The van der Waals surface area contributed by atoms with Gasteiger partial charge in [-0.05, 0) is 36.8 Å². The fourth-order valence-electron chi connectivity index (χ4n) is 3.01. The van der Waals surface area contributed by atoms with Gasteiger partial charge < -0.3 is 9.88 Å². The van der Waals surface area contributed by atoms with E-state index in [9.17, 15) is 4.79 Å². The Kier molecular flexibility index (Phi) is 7.07. The van der Waals surface area contributed by atoms with Crippen LogP contribution in [0.2, 0.25) is 0 Å². The van der Waals surface area contributed by atoms with Crippen molar-refractivity contribution in [1.29, 1.82) is 0 Å². The van der Waals surface area contributed by atoms with Crippen molar-refractivity contribution in [3.05, 3.63) is 96.3 Å². The first-order valence-corrected chi connectivity index (χ1v) is 11.7. The Morgan fingerprint density at radius 1 is 0.903 bits per heavy atom. The second-order valence-corrected chi connectivity index (χ2v) is 8.91. The summed E-state index contributed by atoms with van der Waals surface area (Å²) in [5, 5.41) is 12.2. The zero-order valence-corrected chi connectivity index (χ0v) is 18.7. The summed E-state index contributed by atoms with van der Waals surface area (Å²) in [5.74, 6) is 1.02. The Bertz CT molecular complexity index is 1150. The van der Waals surface area contributed by atoms with Gasteiger partial charge in [-0.1, -0.05) is 84.2 Å². The van der Waals surface area contributed by atoms with Crippen LogP contribution in [0.3, 0.4) is 0 Å². The molecular weight excluding hydrogens is 424 g/mol. The molecule has 0 aliphatic heterocycles. The first-order chi connectivity index (χ1) is 15.2. The van der Waals surface area contributed by atoms with Crippen LogP contribution in [0.1, 0.15) is 11.4 Å². The maximum Gasteiger partial charge on any atom is 0.234 e. The molecule has 0 aliphatic rings. The lowest BCUT2D eigenvalue weighted by molar-refractivity contribution is -0.113. The molecule has 0 saturated carbocycles. The summed E-state index contributed by atoms with van der Waals surface area (Å²) < 4.78 is 2.03. The molecule has 1 N–H and O–H groups in total. The number of nitrogens with zero attached hydrogens (tertiary/aromatic N) is 3. The van der Waals surface area contributed by atoms with Crippen LogP contribution in [-0.4, -0.2) is 26.4 Å². The second-order valence-electron chi connectivity index (χ2n) is 6.85. The molecular formula is C24H22N4OS2. The quantitative estimate of drug-likeness (QED) is 0.361. The normalized spacial score (nSPS) is 10.7. The highest BCUT2D eigenvalue weighted by atomic mass is 32.2. The lowest BCUT2D eigenvalue weighted by atomic mass is 10.2. The molecule has 4 rings (SSSR count). The largest absolute Gasteiger partial charge is 0.324 e. The van der Waals surface area contributed by atoms with Gasteiger partial charge in [-0.25, -0.2) is 0 Å². The number of carbonyl (C=O) groups excluding carboxylic acids is 1.